The van der Waals surface area contributed by atoms with Gasteiger partial charge < -0.3 is 34.4 Å². The molecule has 2 aromatic heterocycles. The highest BCUT2D eigenvalue weighted by Crippen LogP contribution is 2.44. The van der Waals surface area contributed by atoms with Gasteiger partial charge in [-0.2, -0.15) is 0 Å². The lowest BCUT2D eigenvalue weighted by Gasteiger charge is -2.30. The molecule has 0 saturated carbocycles. The lowest BCUT2D eigenvalue weighted by Crippen LogP contribution is -2.51. The number of hydrogen-bond acceptors (Lipinski definition) is 8. The van der Waals surface area contributed by atoms with Crippen molar-refractivity contribution in [1.29, 1.82) is 0 Å². The van der Waals surface area contributed by atoms with Gasteiger partial charge in [0.1, 0.15) is 17.7 Å². The van der Waals surface area contributed by atoms with Gasteiger partial charge in [0.2, 0.25) is 5.91 Å². The summed E-state index contributed by atoms with van der Waals surface area (Å²) in [6.07, 6.45) is 6.89. The predicted molar refractivity (Wildman–Crippen MR) is 189 cm³/mol. The SMILES string of the molecule is COC(=O)N[C@H](C(=O)N1CCC[C@H]1c1ncc(-c2ccc(-c3ccc(-c4cnc([C@@H]5C[C@@]6(CCCO6)CN5C(=O)OC)[nH]4)cc3)cc2)[nH]1)C(C)C. The minimum Gasteiger partial charge on any atom is -0.453 e. The summed E-state index contributed by atoms with van der Waals surface area (Å²) in [5, 5.41) is 2.69. The Kier molecular flexibility index (Phi) is 9.56. The van der Waals surface area contributed by atoms with Crippen LogP contribution in [0, 0.1) is 5.92 Å². The second kappa shape index (κ2) is 14.2. The molecule has 13 heteroatoms. The number of nitrogens with zero attached hydrogens (tertiary/aromatic N) is 4. The number of rotatable bonds is 8. The molecule has 3 aliphatic rings. The summed E-state index contributed by atoms with van der Waals surface area (Å²) < 4.78 is 15.9. The van der Waals surface area contributed by atoms with Crippen LogP contribution in [-0.4, -0.2) is 93.4 Å². The first-order valence-corrected chi connectivity index (χ1v) is 17.6. The molecule has 3 saturated heterocycles. The van der Waals surface area contributed by atoms with E-state index in [1.54, 1.807) is 4.90 Å². The molecule has 13 nitrogen and oxygen atoms in total. The quantitative estimate of drug-likeness (QED) is 0.196. The second-order valence-corrected chi connectivity index (χ2v) is 14.0. The molecule has 3 amide bonds. The van der Waals surface area contributed by atoms with Gasteiger partial charge in [0.15, 0.2) is 0 Å². The van der Waals surface area contributed by atoms with Crippen LogP contribution >= 0.6 is 0 Å². The van der Waals surface area contributed by atoms with Crippen LogP contribution in [0.3, 0.4) is 0 Å². The molecule has 0 unspecified atom stereocenters. The van der Waals surface area contributed by atoms with Crippen molar-refractivity contribution in [2.45, 2.75) is 69.7 Å². The van der Waals surface area contributed by atoms with Crippen molar-refractivity contribution < 1.29 is 28.6 Å². The number of ether oxygens (including phenoxy) is 3. The number of nitrogens with one attached hydrogen (secondary N) is 3. The van der Waals surface area contributed by atoms with Crippen molar-refractivity contribution in [2.24, 2.45) is 5.92 Å². The summed E-state index contributed by atoms with van der Waals surface area (Å²) in [6, 6.07) is 15.5. The van der Waals surface area contributed by atoms with Crippen molar-refractivity contribution in [3.05, 3.63) is 72.6 Å². The number of hydrogen-bond donors (Lipinski definition) is 3. The molecule has 3 aliphatic heterocycles. The predicted octanol–water partition coefficient (Wildman–Crippen LogP) is 6.24. The van der Waals surface area contributed by atoms with Gasteiger partial charge in [-0.15, -0.1) is 0 Å². The van der Waals surface area contributed by atoms with Crippen molar-refractivity contribution in [2.75, 3.05) is 33.9 Å². The third kappa shape index (κ3) is 6.82. The van der Waals surface area contributed by atoms with Gasteiger partial charge in [-0.1, -0.05) is 62.4 Å². The molecule has 5 heterocycles. The van der Waals surface area contributed by atoms with E-state index in [2.05, 4.69) is 73.8 Å². The molecular formula is C38H45N7O6. The summed E-state index contributed by atoms with van der Waals surface area (Å²) >= 11 is 0. The number of carbonyl (C=O) groups is 3. The van der Waals surface area contributed by atoms with Gasteiger partial charge in [-0.3, -0.25) is 9.69 Å². The third-order valence-corrected chi connectivity index (χ3v) is 10.5. The lowest BCUT2D eigenvalue weighted by molar-refractivity contribution is -0.135. The molecule has 0 aliphatic carbocycles. The summed E-state index contributed by atoms with van der Waals surface area (Å²) in [7, 11) is 2.70. The van der Waals surface area contributed by atoms with Crippen molar-refractivity contribution >= 4 is 18.1 Å². The zero-order valence-electron chi connectivity index (χ0n) is 29.5. The van der Waals surface area contributed by atoms with Crippen LogP contribution in [0.15, 0.2) is 60.9 Å². The number of amides is 3. The zero-order valence-corrected chi connectivity index (χ0v) is 29.5. The van der Waals surface area contributed by atoms with E-state index in [-0.39, 0.29) is 35.6 Å². The van der Waals surface area contributed by atoms with E-state index >= 15 is 0 Å². The van der Waals surface area contributed by atoms with E-state index in [4.69, 9.17) is 14.2 Å². The van der Waals surface area contributed by atoms with Gasteiger partial charge >= 0.3 is 12.2 Å². The van der Waals surface area contributed by atoms with E-state index in [1.165, 1.54) is 14.2 Å². The fraction of sp³-hybridized carbons (Fsp3) is 0.447. The highest BCUT2D eigenvalue weighted by Gasteiger charge is 2.50. The number of imidazole rings is 2. The van der Waals surface area contributed by atoms with Gasteiger partial charge in [0.25, 0.3) is 0 Å². The summed E-state index contributed by atoms with van der Waals surface area (Å²) in [4.78, 5) is 57.8. The van der Waals surface area contributed by atoms with Crippen molar-refractivity contribution in [3.63, 3.8) is 0 Å². The molecule has 4 atom stereocenters. The van der Waals surface area contributed by atoms with Crippen molar-refractivity contribution in [3.8, 4) is 33.6 Å². The fourth-order valence-electron chi connectivity index (χ4n) is 7.72. The average molecular weight is 696 g/mol. The number of H-pyrrole nitrogens is 2. The minimum absolute atomic E-state index is 0.0967. The van der Waals surface area contributed by atoms with E-state index in [0.717, 1.165) is 71.0 Å². The highest BCUT2D eigenvalue weighted by molar-refractivity contribution is 5.86. The zero-order chi connectivity index (χ0) is 35.7. The maximum absolute atomic E-state index is 13.5. The Morgan fingerprint density at radius 3 is 1.96 bits per heavy atom. The van der Waals surface area contributed by atoms with Gasteiger partial charge in [0, 0.05) is 19.6 Å². The first-order valence-electron chi connectivity index (χ1n) is 17.6. The first kappa shape index (κ1) is 34.3. The van der Waals surface area contributed by atoms with Crippen LogP contribution in [0.4, 0.5) is 9.59 Å². The number of likely N-dealkylation sites (tertiary alicyclic amines) is 2. The number of aromatic nitrogens is 4. The van der Waals surface area contributed by atoms with E-state index in [1.807, 2.05) is 31.1 Å². The second-order valence-electron chi connectivity index (χ2n) is 14.0. The van der Waals surface area contributed by atoms with Crippen LogP contribution < -0.4 is 5.32 Å². The van der Waals surface area contributed by atoms with Gasteiger partial charge in [-0.05, 0) is 53.9 Å². The Morgan fingerprint density at radius 1 is 0.843 bits per heavy atom. The summed E-state index contributed by atoms with van der Waals surface area (Å²) in [5.41, 5.74) is 5.54. The number of benzene rings is 2. The standard InChI is InChI=1S/C38H45N7O6/c1-23(2)32(43-36(47)49-3)35(46)44-17-5-7-30(44)33-39-20-28(41-33)26-12-8-24(9-13-26)25-10-14-27(15-11-25)29-21-40-34(42-29)31-19-38(16-6-18-51-38)22-45(31)37(48)50-4/h8-15,20-21,23,30-32H,5-7,16-19,22H2,1-4H3,(H,39,41)(H,40,42)(H,43,47)/t30-,31-,32-,38-/m0/s1. The lowest BCUT2D eigenvalue weighted by atomic mass is 9.96. The highest BCUT2D eigenvalue weighted by atomic mass is 16.5. The monoisotopic (exact) mass is 695 g/mol. The molecule has 0 radical (unpaired) electrons. The molecule has 7 rings (SSSR count). The molecule has 2 aromatic carbocycles. The molecule has 0 bridgehead atoms. The largest absolute Gasteiger partial charge is 0.453 e. The molecular weight excluding hydrogens is 650 g/mol. The molecule has 51 heavy (non-hydrogen) atoms. The fourth-order valence-corrected chi connectivity index (χ4v) is 7.72. The molecule has 1 spiro atoms. The number of alkyl carbamates (subject to hydrolysis) is 1. The van der Waals surface area contributed by atoms with Crippen LogP contribution in [-0.2, 0) is 19.0 Å². The van der Waals surface area contributed by atoms with Crippen LogP contribution in [0.5, 0.6) is 0 Å². The van der Waals surface area contributed by atoms with Gasteiger partial charge in [-0.25, -0.2) is 19.6 Å². The first-order chi connectivity index (χ1) is 24.7. The van der Waals surface area contributed by atoms with Crippen molar-refractivity contribution in [1.82, 2.24) is 35.1 Å². The molecule has 3 fully saturated rings. The minimum atomic E-state index is -0.679. The number of carbonyl (C=O) groups excluding carboxylic acids is 3. The van der Waals surface area contributed by atoms with Crippen LogP contribution in [0.25, 0.3) is 33.6 Å². The normalized spacial score (nSPS) is 22.1. The molecule has 4 aromatic rings. The maximum atomic E-state index is 13.5. The molecule has 268 valence electrons. The summed E-state index contributed by atoms with van der Waals surface area (Å²) in [6.45, 7) is 5.63. The smallest absolute Gasteiger partial charge is 0.410 e. The molecule has 3 N–H and O–H groups in total. The van der Waals surface area contributed by atoms with E-state index in [0.29, 0.717) is 26.1 Å². The maximum Gasteiger partial charge on any atom is 0.410 e. The Bertz CT molecular complexity index is 1860. The van der Waals surface area contributed by atoms with Gasteiger partial charge in [0.05, 0.1) is 62.2 Å². The Labute approximate surface area is 297 Å². The Balaban J connectivity index is 1.02. The number of aromatic amines is 2. The average Bonchev–Trinajstić information content (AvgIpc) is 4.00. The van der Waals surface area contributed by atoms with E-state index in [9.17, 15) is 14.4 Å². The van der Waals surface area contributed by atoms with E-state index < -0.39 is 12.1 Å². The van der Waals surface area contributed by atoms with Crippen LogP contribution in [0.1, 0.15) is 69.7 Å². The van der Waals surface area contributed by atoms with Crippen LogP contribution in [0.2, 0.25) is 0 Å². The third-order valence-electron chi connectivity index (χ3n) is 10.5. The summed E-state index contributed by atoms with van der Waals surface area (Å²) in [5.74, 6) is 1.23. The Hall–Kier alpha value is -5.17. The topological polar surface area (TPSA) is 155 Å². The number of methoxy groups -OCH3 is 2. The Morgan fingerprint density at radius 2 is 1.43 bits per heavy atom.